The van der Waals surface area contributed by atoms with E-state index in [1.165, 1.54) is 7.05 Å². The molecule has 0 aliphatic heterocycles. The van der Waals surface area contributed by atoms with E-state index >= 15 is 0 Å². The third kappa shape index (κ3) is 11.4. The van der Waals surface area contributed by atoms with Crippen molar-refractivity contribution in [2.75, 3.05) is 26.8 Å². The first-order valence-corrected chi connectivity index (χ1v) is 8.83. The van der Waals surface area contributed by atoms with Gasteiger partial charge in [-0.05, 0) is 12.0 Å². The number of ether oxygens (including phenoxy) is 2. The summed E-state index contributed by atoms with van der Waals surface area (Å²) < 4.78 is 9.72. The number of carbonyl (C=O) groups is 4. The molecule has 0 aromatic heterocycles. The van der Waals surface area contributed by atoms with Gasteiger partial charge >= 0.3 is 11.9 Å². The van der Waals surface area contributed by atoms with Gasteiger partial charge in [0.1, 0.15) is 13.2 Å². The van der Waals surface area contributed by atoms with E-state index in [0.717, 1.165) is 12.0 Å². The van der Waals surface area contributed by atoms with Crippen LogP contribution in [0.2, 0.25) is 0 Å². The minimum absolute atomic E-state index is 0.0310. The molecule has 8 nitrogen and oxygen atoms in total. The van der Waals surface area contributed by atoms with Gasteiger partial charge in [-0.1, -0.05) is 30.3 Å². The van der Waals surface area contributed by atoms with Crippen LogP contribution >= 0.6 is 0 Å². The number of benzene rings is 1. The second kappa shape index (κ2) is 13.3. The molecule has 0 spiro atoms. The summed E-state index contributed by atoms with van der Waals surface area (Å²) in [5, 5.41) is 5.15. The van der Waals surface area contributed by atoms with E-state index in [2.05, 4.69) is 10.6 Å². The Labute approximate surface area is 158 Å². The van der Waals surface area contributed by atoms with Crippen LogP contribution in [0.15, 0.2) is 30.3 Å². The molecular weight excluding hydrogens is 352 g/mol. The minimum atomic E-state index is -0.535. The largest absolute Gasteiger partial charge is 0.462 e. The first kappa shape index (κ1) is 22.1. The summed E-state index contributed by atoms with van der Waals surface area (Å²) in [5.41, 5.74) is 1.13. The van der Waals surface area contributed by atoms with E-state index in [1.54, 1.807) is 0 Å². The van der Waals surface area contributed by atoms with Crippen LogP contribution in [0.25, 0.3) is 0 Å². The van der Waals surface area contributed by atoms with Crippen LogP contribution in [0.4, 0.5) is 0 Å². The van der Waals surface area contributed by atoms with Gasteiger partial charge in [-0.2, -0.15) is 0 Å². The van der Waals surface area contributed by atoms with Gasteiger partial charge in [0.25, 0.3) is 0 Å². The lowest BCUT2D eigenvalue weighted by Gasteiger charge is -2.07. The van der Waals surface area contributed by atoms with Gasteiger partial charge in [-0.25, -0.2) is 0 Å². The highest BCUT2D eigenvalue weighted by Crippen LogP contribution is 1.99. The fourth-order valence-corrected chi connectivity index (χ4v) is 2.09. The molecule has 0 aliphatic rings. The minimum Gasteiger partial charge on any atom is -0.462 e. The van der Waals surface area contributed by atoms with E-state index in [1.807, 2.05) is 30.3 Å². The van der Waals surface area contributed by atoms with Crippen LogP contribution in [0, 0.1) is 0 Å². The molecule has 148 valence electrons. The van der Waals surface area contributed by atoms with Crippen molar-refractivity contribution in [1.29, 1.82) is 0 Å². The summed E-state index contributed by atoms with van der Waals surface area (Å²) in [7, 11) is 1.48. The van der Waals surface area contributed by atoms with Gasteiger partial charge in [0.15, 0.2) is 0 Å². The van der Waals surface area contributed by atoms with Crippen molar-refractivity contribution in [2.45, 2.75) is 32.1 Å². The summed E-state index contributed by atoms with van der Waals surface area (Å²) in [5.74, 6) is -1.54. The van der Waals surface area contributed by atoms with Crippen molar-refractivity contribution in [2.24, 2.45) is 0 Å². The zero-order valence-electron chi connectivity index (χ0n) is 15.5. The zero-order valence-corrected chi connectivity index (χ0v) is 15.5. The molecule has 0 unspecified atom stereocenters. The Morgan fingerprint density at radius 1 is 0.815 bits per heavy atom. The molecule has 1 aromatic carbocycles. The van der Waals surface area contributed by atoms with Gasteiger partial charge < -0.3 is 20.1 Å². The average molecular weight is 378 g/mol. The molecule has 1 aromatic rings. The molecule has 2 amide bonds. The summed E-state index contributed by atoms with van der Waals surface area (Å²) >= 11 is 0. The predicted molar refractivity (Wildman–Crippen MR) is 97.6 cm³/mol. The molecule has 0 saturated carbocycles. The van der Waals surface area contributed by atoms with E-state index < -0.39 is 11.9 Å². The van der Waals surface area contributed by atoms with Crippen LogP contribution in [-0.2, 0) is 35.1 Å². The second-order valence-corrected chi connectivity index (χ2v) is 5.70. The number of hydrogen-bond acceptors (Lipinski definition) is 6. The SMILES string of the molecule is CNC(=O)CCC(=O)OCCOC(=O)CCC(=O)NCCc1ccccc1. The maximum absolute atomic E-state index is 11.7. The molecule has 0 radical (unpaired) electrons. The lowest BCUT2D eigenvalue weighted by molar-refractivity contribution is -0.153. The molecule has 27 heavy (non-hydrogen) atoms. The monoisotopic (exact) mass is 378 g/mol. The number of nitrogens with one attached hydrogen (secondary N) is 2. The molecular formula is C19H26N2O6. The highest BCUT2D eigenvalue weighted by molar-refractivity contribution is 5.81. The maximum atomic E-state index is 11.7. The van der Waals surface area contributed by atoms with Crippen LogP contribution in [0.5, 0.6) is 0 Å². The Kier molecular flexibility index (Phi) is 10.9. The van der Waals surface area contributed by atoms with Gasteiger partial charge in [0.05, 0.1) is 12.8 Å². The predicted octanol–water partition coefficient (Wildman–Crippen LogP) is 0.738. The summed E-state index contributed by atoms with van der Waals surface area (Å²) in [6.45, 7) is 0.339. The Hall–Kier alpha value is -2.90. The quantitative estimate of drug-likeness (QED) is 0.410. The smallest absolute Gasteiger partial charge is 0.306 e. The highest BCUT2D eigenvalue weighted by Gasteiger charge is 2.09. The Morgan fingerprint density at radius 3 is 1.93 bits per heavy atom. The Morgan fingerprint density at radius 2 is 1.37 bits per heavy atom. The number of rotatable bonds is 12. The van der Waals surface area contributed by atoms with E-state index in [4.69, 9.17) is 9.47 Å². The molecule has 8 heteroatoms. The summed E-state index contributed by atoms with van der Waals surface area (Å²) in [4.78, 5) is 45.5. The number of carbonyl (C=O) groups excluding carboxylic acids is 4. The van der Waals surface area contributed by atoms with Crippen molar-refractivity contribution in [3.63, 3.8) is 0 Å². The van der Waals surface area contributed by atoms with Gasteiger partial charge in [-0.15, -0.1) is 0 Å². The van der Waals surface area contributed by atoms with E-state index in [-0.39, 0.29) is 50.7 Å². The molecule has 0 fully saturated rings. The third-order valence-corrected chi connectivity index (χ3v) is 3.58. The number of amides is 2. The standard InChI is InChI=1S/C19H26N2O6/c1-20-16(22)7-9-18(24)26-13-14-27-19(25)10-8-17(23)21-12-11-15-5-3-2-4-6-15/h2-6H,7-14H2,1H3,(H,20,22)(H,21,23). The zero-order chi connectivity index (χ0) is 19.9. The molecule has 1 rings (SSSR count). The average Bonchev–Trinajstić information content (AvgIpc) is 2.68. The molecule has 0 atom stereocenters. The van der Waals surface area contributed by atoms with Crippen molar-refractivity contribution < 1.29 is 28.7 Å². The van der Waals surface area contributed by atoms with Crippen molar-refractivity contribution in [1.82, 2.24) is 10.6 Å². The first-order chi connectivity index (χ1) is 13.0. The third-order valence-electron chi connectivity index (χ3n) is 3.58. The van der Waals surface area contributed by atoms with Crippen molar-refractivity contribution in [3.8, 4) is 0 Å². The van der Waals surface area contributed by atoms with Gasteiger partial charge in [0, 0.05) is 26.4 Å². The van der Waals surface area contributed by atoms with Crippen LogP contribution in [-0.4, -0.2) is 50.6 Å². The van der Waals surface area contributed by atoms with Gasteiger partial charge in [0.2, 0.25) is 11.8 Å². The highest BCUT2D eigenvalue weighted by atomic mass is 16.6. The van der Waals surface area contributed by atoms with Crippen molar-refractivity contribution >= 4 is 23.8 Å². The molecule has 0 aliphatic carbocycles. The Balaban J connectivity index is 2.02. The number of hydrogen-bond donors (Lipinski definition) is 2. The van der Waals surface area contributed by atoms with Crippen LogP contribution in [0.3, 0.4) is 0 Å². The normalized spacial score (nSPS) is 9.96. The fourth-order valence-electron chi connectivity index (χ4n) is 2.09. The summed E-state index contributed by atoms with van der Waals surface area (Å²) in [6.07, 6.45) is 0.745. The molecule has 2 N–H and O–H groups in total. The van der Waals surface area contributed by atoms with Crippen molar-refractivity contribution in [3.05, 3.63) is 35.9 Å². The Bertz CT molecular complexity index is 618. The topological polar surface area (TPSA) is 111 Å². The van der Waals surface area contributed by atoms with E-state index in [0.29, 0.717) is 6.54 Å². The molecule has 0 saturated heterocycles. The first-order valence-electron chi connectivity index (χ1n) is 8.83. The molecule has 0 bridgehead atoms. The summed E-state index contributed by atoms with van der Waals surface area (Å²) in [6, 6.07) is 9.77. The maximum Gasteiger partial charge on any atom is 0.306 e. The number of esters is 2. The van der Waals surface area contributed by atoms with Crippen LogP contribution in [0.1, 0.15) is 31.2 Å². The second-order valence-electron chi connectivity index (χ2n) is 5.70. The lowest BCUT2D eigenvalue weighted by atomic mass is 10.1. The fraction of sp³-hybridized carbons (Fsp3) is 0.474. The lowest BCUT2D eigenvalue weighted by Crippen LogP contribution is -2.26. The van der Waals surface area contributed by atoms with Gasteiger partial charge in [-0.3, -0.25) is 19.2 Å². The van der Waals surface area contributed by atoms with Crippen LogP contribution < -0.4 is 10.6 Å². The molecule has 0 heterocycles. The van der Waals surface area contributed by atoms with E-state index in [9.17, 15) is 19.2 Å².